The molecule has 0 unspecified atom stereocenters. The fourth-order valence-electron chi connectivity index (χ4n) is 3.10. The lowest BCUT2D eigenvalue weighted by atomic mass is 9.95. The van der Waals surface area contributed by atoms with Crippen molar-refractivity contribution in [1.82, 2.24) is 10.2 Å². The first kappa shape index (κ1) is 24.4. The molecule has 0 spiro atoms. The van der Waals surface area contributed by atoms with Gasteiger partial charge in [0, 0.05) is 37.8 Å². The highest BCUT2D eigenvalue weighted by molar-refractivity contribution is 5.85. The van der Waals surface area contributed by atoms with E-state index in [4.69, 9.17) is 0 Å². The molecule has 1 saturated heterocycles. The molecule has 2 aromatic rings. The Morgan fingerprint density at radius 2 is 1.54 bits per heavy atom. The summed E-state index contributed by atoms with van der Waals surface area (Å²) in [5.41, 5.74) is 0.879. The van der Waals surface area contributed by atoms with E-state index in [1.807, 2.05) is 4.90 Å². The third-order valence-electron chi connectivity index (χ3n) is 4.20. The van der Waals surface area contributed by atoms with E-state index in [9.17, 15) is 22.0 Å². The summed E-state index contributed by atoms with van der Waals surface area (Å²) in [5.74, 6) is -1.72. The molecular weight excluding hydrogens is 426 g/mol. The monoisotopic (exact) mass is 444 g/mol. The molecule has 1 heterocycles. The average Bonchev–Trinajstić information content (AvgIpc) is 2.58. The molecule has 0 aromatic heterocycles. The van der Waals surface area contributed by atoms with E-state index in [-0.39, 0.29) is 36.1 Å². The quantitative estimate of drug-likeness (QED) is 0.691. The molecule has 3 nitrogen and oxygen atoms in total. The van der Waals surface area contributed by atoms with E-state index in [0.717, 1.165) is 6.07 Å². The van der Waals surface area contributed by atoms with Gasteiger partial charge in [-0.3, -0.25) is 4.90 Å². The minimum absolute atomic E-state index is 0. The summed E-state index contributed by atoms with van der Waals surface area (Å²) in [6.07, 6.45) is -4.78. The number of halogens is 7. The zero-order chi connectivity index (χ0) is 18.7. The molecule has 1 aliphatic rings. The molecule has 1 aliphatic heterocycles. The molecular formula is C18H19Cl2F5N2O. The molecule has 1 N–H and O–H groups in total. The first-order valence-electron chi connectivity index (χ1n) is 8.09. The van der Waals surface area contributed by atoms with Gasteiger partial charge in [-0.15, -0.1) is 38.0 Å². The van der Waals surface area contributed by atoms with Crippen molar-refractivity contribution in [3.05, 3.63) is 65.2 Å². The third kappa shape index (κ3) is 6.20. The van der Waals surface area contributed by atoms with E-state index >= 15 is 0 Å². The molecule has 0 bridgehead atoms. The predicted molar refractivity (Wildman–Crippen MR) is 100 cm³/mol. The predicted octanol–water partition coefficient (Wildman–Crippen LogP) is 4.70. The number of nitrogens with zero attached hydrogens (tertiary/aromatic N) is 1. The lowest BCUT2D eigenvalue weighted by molar-refractivity contribution is -0.274. The summed E-state index contributed by atoms with van der Waals surface area (Å²) < 4.78 is 68.5. The minimum atomic E-state index is -4.78. The standard InChI is InChI=1S/C18H17F5N2O.2ClH/c19-13-3-6-15(16(20)11-13)17(25-9-7-24-8-10-25)12-1-4-14(5-2-12)26-18(21,22)23;;/h1-6,11,17,24H,7-10H2;2*1H/t17-;;/m0../s1. The van der Waals surface area contributed by atoms with Crippen LogP contribution in [0.15, 0.2) is 42.5 Å². The van der Waals surface area contributed by atoms with Gasteiger partial charge >= 0.3 is 6.36 Å². The average molecular weight is 445 g/mol. The van der Waals surface area contributed by atoms with Crippen LogP contribution in [0.2, 0.25) is 0 Å². The molecule has 0 saturated carbocycles. The summed E-state index contributed by atoms with van der Waals surface area (Å²) >= 11 is 0. The Morgan fingerprint density at radius 3 is 2.07 bits per heavy atom. The van der Waals surface area contributed by atoms with Crippen LogP contribution >= 0.6 is 24.8 Å². The van der Waals surface area contributed by atoms with Crippen molar-refractivity contribution in [3.63, 3.8) is 0 Å². The van der Waals surface area contributed by atoms with Gasteiger partial charge in [-0.2, -0.15) is 0 Å². The summed E-state index contributed by atoms with van der Waals surface area (Å²) in [6, 6.07) is 8.15. The van der Waals surface area contributed by atoms with Crippen molar-refractivity contribution in [2.24, 2.45) is 0 Å². The number of ether oxygens (including phenoxy) is 1. The SMILES string of the molecule is Cl.Cl.Fc1ccc([C@H](c2ccc(OC(F)(F)F)cc2)N2CCNCC2)c(F)c1. The van der Waals surface area contributed by atoms with Gasteiger partial charge in [-0.25, -0.2) is 8.78 Å². The second-order valence-electron chi connectivity index (χ2n) is 5.97. The highest BCUT2D eigenvalue weighted by Crippen LogP contribution is 2.33. The molecule has 10 heteroatoms. The van der Waals surface area contributed by atoms with Crippen molar-refractivity contribution >= 4 is 24.8 Å². The van der Waals surface area contributed by atoms with Crippen molar-refractivity contribution in [3.8, 4) is 5.75 Å². The van der Waals surface area contributed by atoms with Crippen LogP contribution in [0.3, 0.4) is 0 Å². The first-order chi connectivity index (χ1) is 12.3. The van der Waals surface area contributed by atoms with Crippen molar-refractivity contribution in [2.75, 3.05) is 26.2 Å². The van der Waals surface area contributed by atoms with Crippen LogP contribution in [-0.2, 0) is 0 Å². The molecule has 1 atom stereocenters. The molecule has 156 valence electrons. The highest BCUT2D eigenvalue weighted by atomic mass is 35.5. The Bertz CT molecular complexity index is 753. The number of rotatable bonds is 4. The van der Waals surface area contributed by atoms with Gasteiger partial charge < -0.3 is 10.1 Å². The highest BCUT2D eigenvalue weighted by Gasteiger charge is 2.31. The Balaban J connectivity index is 0.00000196. The van der Waals surface area contributed by atoms with Gasteiger partial charge in [0.1, 0.15) is 17.4 Å². The van der Waals surface area contributed by atoms with E-state index in [1.54, 1.807) is 0 Å². The number of piperazine rings is 1. The zero-order valence-electron chi connectivity index (χ0n) is 14.5. The van der Waals surface area contributed by atoms with Crippen molar-refractivity contribution in [2.45, 2.75) is 12.4 Å². The van der Waals surface area contributed by atoms with Gasteiger partial charge in [0.05, 0.1) is 6.04 Å². The molecule has 28 heavy (non-hydrogen) atoms. The van der Waals surface area contributed by atoms with E-state index in [1.165, 1.54) is 36.4 Å². The lowest BCUT2D eigenvalue weighted by Crippen LogP contribution is -2.45. The summed E-state index contributed by atoms with van der Waals surface area (Å²) in [6.45, 7) is 2.66. The fraction of sp³-hybridized carbons (Fsp3) is 0.333. The van der Waals surface area contributed by atoms with E-state index < -0.39 is 24.0 Å². The van der Waals surface area contributed by atoms with Crippen molar-refractivity contribution in [1.29, 1.82) is 0 Å². The number of nitrogens with one attached hydrogen (secondary N) is 1. The summed E-state index contributed by atoms with van der Waals surface area (Å²) in [4.78, 5) is 2.01. The second-order valence-corrected chi connectivity index (χ2v) is 5.97. The molecule has 0 aliphatic carbocycles. The van der Waals surface area contributed by atoms with Crippen LogP contribution in [-0.4, -0.2) is 37.4 Å². The fourth-order valence-corrected chi connectivity index (χ4v) is 3.10. The number of hydrogen-bond donors (Lipinski definition) is 1. The second kappa shape index (κ2) is 10.2. The van der Waals surface area contributed by atoms with E-state index in [2.05, 4.69) is 10.1 Å². The largest absolute Gasteiger partial charge is 0.573 e. The zero-order valence-corrected chi connectivity index (χ0v) is 16.1. The van der Waals surface area contributed by atoms with Crippen molar-refractivity contribution < 1.29 is 26.7 Å². The Labute approximate surface area is 171 Å². The van der Waals surface area contributed by atoms with Crippen LogP contribution in [0.1, 0.15) is 17.2 Å². The topological polar surface area (TPSA) is 24.5 Å². The van der Waals surface area contributed by atoms with Gasteiger partial charge in [-0.1, -0.05) is 18.2 Å². The molecule has 3 rings (SSSR count). The Morgan fingerprint density at radius 1 is 0.929 bits per heavy atom. The Kier molecular flexibility index (Phi) is 8.94. The number of hydrogen-bond acceptors (Lipinski definition) is 3. The maximum Gasteiger partial charge on any atom is 0.573 e. The Hall–Kier alpha value is -1.61. The van der Waals surface area contributed by atoms with Crippen LogP contribution in [0.5, 0.6) is 5.75 Å². The number of benzene rings is 2. The third-order valence-corrected chi connectivity index (χ3v) is 4.20. The van der Waals surface area contributed by atoms with Gasteiger partial charge in [0.15, 0.2) is 0 Å². The molecule has 0 radical (unpaired) electrons. The summed E-state index contributed by atoms with van der Waals surface area (Å²) in [7, 11) is 0. The van der Waals surface area contributed by atoms with Crippen LogP contribution in [0, 0.1) is 11.6 Å². The van der Waals surface area contributed by atoms with Gasteiger partial charge in [0.25, 0.3) is 0 Å². The smallest absolute Gasteiger partial charge is 0.406 e. The maximum atomic E-state index is 14.4. The number of alkyl halides is 3. The normalized spacial score (nSPS) is 15.9. The molecule has 1 fully saturated rings. The molecule has 2 aromatic carbocycles. The molecule has 0 amide bonds. The maximum absolute atomic E-state index is 14.4. The van der Waals surface area contributed by atoms with Crippen LogP contribution in [0.25, 0.3) is 0 Å². The van der Waals surface area contributed by atoms with Gasteiger partial charge in [0.2, 0.25) is 0 Å². The van der Waals surface area contributed by atoms with Crippen LogP contribution in [0.4, 0.5) is 22.0 Å². The summed E-state index contributed by atoms with van der Waals surface area (Å²) in [5, 5.41) is 3.19. The first-order valence-corrected chi connectivity index (χ1v) is 8.09. The minimum Gasteiger partial charge on any atom is -0.406 e. The van der Waals surface area contributed by atoms with E-state index in [0.29, 0.717) is 31.7 Å². The lowest BCUT2D eigenvalue weighted by Gasteiger charge is -2.35. The van der Waals surface area contributed by atoms with Gasteiger partial charge in [-0.05, 0) is 23.8 Å². The van der Waals surface area contributed by atoms with Crippen LogP contribution < -0.4 is 10.1 Å².